The number of hydrogen-bond donors (Lipinski definition) is 2. The van der Waals surface area contributed by atoms with E-state index in [-0.39, 0.29) is 5.69 Å². The lowest BCUT2D eigenvalue weighted by atomic mass is 10.1. The average molecular weight is 304 g/mol. The van der Waals surface area contributed by atoms with Crippen LogP contribution in [0.2, 0.25) is 0 Å². The summed E-state index contributed by atoms with van der Waals surface area (Å²) in [5.74, 6) is -1.55. The predicted octanol–water partition coefficient (Wildman–Crippen LogP) is 1.85. The number of nitrogens with one attached hydrogen (secondary N) is 1. The van der Waals surface area contributed by atoms with Crippen LogP contribution in [-0.4, -0.2) is 32.2 Å². The number of carboxylic acid groups (broad SMARTS) is 1. The molecule has 0 aliphatic rings. The number of amides is 1. The fourth-order valence-corrected chi connectivity index (χ4v) is 2.18. The van der Waals surface area contributed by atoms with Gasteiger partial charge in [0.05, 0.1) is 0 Å². The molecule has 0 aromatic carbocycles. The van der Waals surface area contributed by atoms with Gasteiger partial charge in [0.25, 0.3) is 5.91 Å². The van der Waals surface area contributed by atoms with E-state index in [1.807, 2.05) is 6.92 Å². The largest absolute Gasteiger partial charge is 0.478 e. The van der Waals surface area contributed by atoms with Crippen molar-refractivity contribution in [1.29, 1.82) is 0 Å². The first kappa shape index (κ1) is 14.8. The lowest BCUT2D eigenvalue weighted by Gasteiger charge is -2.03. The quantitative estimate of drug-likeness (QED) is 0.817. The van der Waals surface area contributed by atoms with Gasteiger partial charge in [-0.3, -0.25) is 15.1 Å². The van der Waals surface area contributed by atoms with Crippen LogP contribution in [0, 0.1) is 0 Å². The van der Waals surface area contributed by atoms with Gasteiger partial charge in [0.15, 0.2) is 0 Å². The van der Waals surface area contributed by atoms with Crippen LogP contribution in [0.1, 0.15) is 28.0 Å². The number of nitrogens with zero attached hydrogens (tertiary/aromatic N) is 3. The molecule has 0 radical (unpaired) electrons. The van der Waals surface area contributed by atoms with Crippen LogP contribution >= 0.6 is 11.3 Å². The molecule has 2 rings (SSSR count). The van der Waals surface area contributed by atoms with E-state index < -0.39 is 11.9 Å². The number of carboxylic acids is 1. The van der Waals surface area contributed by atoms with Gasteiger partial charge in [0, 0.05) is 17.8 Å². The zero-order valence-corrected chi connectivity index (χ0v) is 11.9. The molecule has 2 aromatic rings. The van der Waals surface area contributed by atoms with Gasteiger partial charge in [-0.15, -0.1) is 10.2 Å². The molecule has 21 heavy (non-hydrogen) atoms. The monoisotopic (exact) mass is 304 g/mol. The van der Waals surface area contributed by atoms with Crippen molar-refractivity contribution in [3.63, 3.8) is 0 Å². The molecule has 0 atom stereocenters. The Morgan fingerprint density at radius 2 is 2.24 bits per heavy atom. The van der Waals surface area contributed by atoms with Crippen LogP contribution in [0.25, 0.3) is 6.08 Å². The van der Waals surface area contributed by atoms with Crippen molar-refractivity contribution in [2.75, 3.05) is 5.32 Å². The molecule has 108 valence electrons. The van der Waals surface area contributed by atoms with Crippen LogP contribution < -0.4 is 5.32 Å². The molecule has 0 saturated heterocycles. The van der Waals surface area contributed by atoms with Crippen molar-refractivity contribution >= 4 is 34.4 Å². The molecule has 7 nitrogen and oxygen atoms in total. The van der Waals surface area contributed by atoms with E-state index in [1.165, 1.54) is 23.6 Å². The van der Waals surface area contributed by atoms with Gasteiger partial charge in [-0.25, -0.2) is 4.79 Å². The number of carbonyl (C=O) groups is 2. The highest BCUT2D eigenvalue weighted by molar-refractivity contribution is 7.15. The zero-order valence-electron chi connectivity index (χ0n) is 11.1. The first-order chi connectivity index (χ1) is 10.1. The van der Waals surface area contributed by atoms with E-state index in [2.05, 4.69) is 20.5 Å². The fraction of sp³-hybridized carbons (Fsp3) is 0.154. The standard InChI is InChI=1S/C13H12N4O3S/c1-2-9-16-17-13(21-9)15-12(20)11-8(4-3-7-14-11)5-6-10(18)19/h3-7H,2H2,1H3,(H,18,19)(H,15,17,20)/b6-5+. The summed E-state index contributed by atoms with van der Waals surface area (Å²) < 4.78 is 0. The second kappa shape index (κ2) is 6.71. The zero-order chi connectivity index (χ0) is 15.2. The van der Waals surface area contributed by atoms with Crippen LogP contribution in [0.3, 0.4) is 0 Å². The van der Waals surface area contributed by atoms with Gasteiger partial charge in [-0.1, -0.05) is 24.3 Å². The van der Waals surface area contributed by atoms with E-state index >= 15 is 0 Å². The molecule has 2 N–H and O–H groups in total. The molecule has 0 saturated carbocycles. The predicted molar refractivity (Wildman–Crippen MR) is 78.1 cm³/mol. The van der Waals surface area contributed by atoms with Crippen molar-refractivity contribution in [1.82, 2.24) is 15.2 Å². The highest BCUT2D eigenvalue weighted by Crippen LogP contribution is 2.17. The Morgan fingerprint density at radius 3 is 2.90 bits per heavy atom. The van der Waals surface area contributed by atoms with Crippen molar-refractivity contribution < 1.29 is 14.7 Å². The number of rotatable bonds is 5. The fourth-order valence-electron chi connectivity index (χ4n) is 1.51. The van der Waals surface area contributed by atoms with Crippen LogP contribution in [0.15, 0.2) is 24.4 Å². The minimum absolute atomic E-state index is 0.128. The summed E-state index contributed by atoms with van der Waals surface area (Å²) in [5.41, 5.74) is 0.542. The summed E-state index contributed by atoms with van der Waals surface area (Å²) in [5, 5.41) is 20.2. The Bertz CT molecular complexity index is 696. The summed E-state index contributed by atoms with van der Waals surface area (Å²) >= 11 is 1.29. The number of aliphatic carboxylic acids is 1. The SMILES string of the molecule is CCc1nnc(NC(=O)c2ncccc2/C=C/C(=O)O)s1. The van der Waals surface area contributed by atoms with Gasteiger partial charge in [0.2, 0.25) is 5.13 Å². The molecule has 1 amide bonds. The van der Waals surface area contributed by atoms with Crippen molar-refractivity contribution in [2.24, 2.45) is 0 Å². The number of aryl methyl sites for hydroxylation is 1. The highest BCUT2D eigenvalue weighted by atomic mass is 32.1. The lowest BCUT2D eigenvalue weighted by Crippen LogP contribution is -2.15. The lowest BCUT2D eigenvalue weighted by molar-refractivity contribution is -0.131. The van der Waals surface area contributed by atoms with Gasteiger partial charge >= 0.3 is 5.97 Å². The third-order valence-corrected chi connectivity index (χ3v) is 3.43. The molecule has 2 heterocycles. The Labute approximate surface area is 124 Å². The Balaban J connectivity index is 2.20. The maximum absolute atomic E-state index is 12.2. The minimum Gasteiger partial charge on any atom is -0.478 e. The molecular formula is C13H12N4O3S. The smallest absolute Gasteiger partial charge is 0.328 e. The summed E-state index contributed by atoms with van der Waals surface area (Å²) in [6.07, 6.45) is 4.48. The topological polar surface area (TPSA) is 105 Å². The van der Waals surface area contributed by atoms with Crippen LogP contribution in [0.5, 0.6) is 0 Å². The number of pyridine rings is 1. The molecule has 0 fully saturated rings. The molecular weight excluding hydrogens is 292 g/mol. The van der Waals surface area contributed by atoms with E-state index in [9.17, 15) is 9.59 Å². The van der Waals surface area contributed by atoms with Crippen molar-refractivity contribution in [3.05, 3.63) is 40.7 Å². The maximum atomic E-state index is 12.2. The minimum atomic E-state index is -1.10. The molecule has 0 bridgehead atoms. The Morgan fingerprint density at radius 1 is 1.43 bits per heavy atom. The second-order valence-electron chi connectivity index (χ2n) is 3.92. The summed E-state index contributed by atoms with van der Waals surface area (Å²) in [6, 6.07) is 3.23. The van der Waals surface area contributed by atoms with Gasteiger partial charge in [-0.05, 0) is 18.6 Å². The van der Waals surface area contributed by atoms with Crippen LogP contribution in [0.4, 0.5) is 5.13 Å². The van der Waals surface area contributed by atoms with E-state index in [0.717, 1.165) is 17.5 Å². The maximum Gasteiger partial charge on any atom is 0.328 e. The molecule has 8 heteroatoms. The van der Waals surface area contributed by atoms with Gasteiger partial charge in [0.1, 0.15) is 10.7 Å². The van der Waals surface area contributed by atoms with E-state index in [1.54, 1.807) is 12.1 Å². The Kier molecular flexibility index (Phi) is 4.72. The van der Waals surface area contributed by atoms with Gasteiger partial charge < -0.3 is 5.11 Å². The number of carbonyl (C=O) groups excluding carboxylic acids is 1. The molecule has 2 aromatic heterocycles. The third-order valence-electron chi connectivity index (χ3n) is 2.45. The first-order valence-electron chi connectivity index (χ1n) is 6.10. The molecule has 0 aliphatic heterocycles. The van der Waals surface area contributed by atoms with E-state index in [4.69, 9.17) is 5.11 Å². The third kappa shape index (κ3) is 3.93. The van der Waals surface area contributed by atoms with Crippen LogP contribution in [-0.2, 0) is 11.2 Å². The number of aromatic nitrogens is 3. The number of hydrogen-bond acceptors (Lipinski definition) is 6. The van der Waals surface area contributed by atoms with E-state index in [0.29, 0.717) is 10.7 Å². The molecule has 0 aliphatic carbocycles. The molecule has 0 spiro atoms. The average Bonchev–Trinajstić information content (AvgIpc) is 2.93. The number of anilines is 1. The molecule has 0 unspecified atom stereocenters. The van der Waals surface area contributed by atoms with Gasteiger partial charge in [-0.2, -0.15) is 0 Å². The summed E-state index contributed by atoms with van der Waals surface area (Å²) in [6.45, 7) is 1.94. The summed E-state index contributed by atoms with van der Waals surface area (Å²) in [4.78, 5) is 26.7. The van der Waals surface area contributed by atoms with Crippen molar-refractivity contribution in [3.8, 4) is 0 Å². The Hall–Kier alpha value is -2.61. The van der Waals surface area contributed by atoms with Crippen molar-refractivity contribution in [2.45, 2.75) is 13.3 Å². The highest BCUT2D eigenvalue weighted by Gasteiger charge is 2.14. The summed E-state index contributed by atoms with van der Waals surface area (Å²) in [7, 11) is 0. The normalized spacial score (nSPS) is 10.7. The first-order valence-corrected chi connectivity index (χ1v) is 6.91. The second-order valence-corrected chi connectivity index (χ2v) is 4.98.